The zero-order valence-electron chi connectivity index (χ0n) is 17.1. The third-order valence-electron chi connectivity index (χ3n) is 4.71. The van der Waals surface area contributed by atoms with Crippen molar-refractivity contribution in [3.05, 3.63) is 65.2 Å². The Balaban J connectivity index is 1.58. The van der Waals surface area contributed by atoms with Gasteiger partial charge >= 0.3 is 25.2 Å². The Kier molecular flexibility index (Phi) is 7.59. The van der Waals surface area contributed by atoms with E-state index in [9.17, 15) is 32.6 Å². The second kappa shape index (κ2) is 10.4. The molecule has 0 fully saturated rings. The largest absolute Gasteiger partial charge is 0.547 e. The molecule has 33 heavy (non-hydrogen) atoms. The van der Waals surface area contributed by atoms with Gasteiger partial charge in [-0.25, -0.2) is 9.59 Å². The molecule has 0 aromatic heterocycles. The number of amides is 1. The number of para-hydroxylation sites is 1. The lowest BCUT2D eigenvalue weighted by atomic mass is 9.72. The highest BCUT2D eigenvalue weighted by Crippen LogP contribution is 2.31. The normalized spacial score (nSPS) is 15.2. The van der Waals surface area contributed by atoms with Gasteiger partial charge in [0.1, 0.15) is 11.3 Å². The molecule has 1 unspecified atom stereocenters. The Morgan fingerprint density at radius 1 is 1.06 bits per heavy atom. The molecule has 1 aliphatic rings. The molecule has 0 saturated heterocycles. The van der Waals surface area contributed by atoms with Gasteiger partial charge in [-0.15, -0.1) is 0 Å². The van der Waals surface area contributed by atoms with Crippen LogP contribution in [-0.2, 0) is 20.7 Å². The van der Waals surface area contributed by atoms with Crippen LogP contribution in [0, 0.1) is 0 Å². The monoisotopic (exact) mass is 465 g/mol. The molecule has 1 amide bonds. The number of nitrogens with one attached hydrogen (secondary N) is 1. The lowest BCUT2D eigenvalue weighted by Crippen LogP contribution is -2.53. The molecule has 1 heterocycles. The maximum absolute atomic E-state index is 12.4. The van der Waals surface area contributed by atoms with Crippen LogP contribution >= 0.6 is 0 Å². The molecule has 2 N–H and O–H groups in total. The van der Waals surface area contributed by atoms with Crippen LogP contribution in [0.5, 0.6) is 5.75 Å². The molecule has 0 spiro atoms. The van der Waals surface area contributed by atoms with E-state index in [-0.39, 0.29) is 23.3 Å². The summed E-state index contributed by atoms with van der Waals surface area (Å²) in [6, 6.07) is 12.5. The zero-order valence-corrected chi connectivity index (χ0v) is 17.1. The number of benzene rings is 2. The predicted octanol–water partition coefficient (Wildman–Crippen LogP) is 2.44. The number of hydrogen-bond acceptors (Lipinski definition) is 7. The van der Waals surface area contributed by atoms with Crippen LogP contribution in [0.1, 0.15) is 39.1 Å². The van der Waals surface area contributed by atoms with Crippen LogP contribution in [0.2, 0.25) is 0 Å². The van der Waals surface area contributed by atoms with E-state index in [1.807, 2.05) is 0 Å². The van der Waals surface area contributed by atoms with Gasteiger partial charge in [0.2, 0.25) is 12.7 Å². The third-order valence-corrected chi connectivity index (χ3v) is 4.71. The van der Waals surface area contributed by atoms with E-state index in [0.29, 0.717) is 5.56 Å². The van der Waals surface area contributed by atoms with Crippen molar-refractivity contribution in [1.29, 1.82) is 0 Å². The summed E-state index contributed by atoms with van der Waals surface area (Å²) in [7, 11) is -1.60. The topological polar surface area (TPSA) is 111 Å². The van der Waals surface area contributed by atoms with E-state index in [4.69, 9.17) is 14.1 Å². The van der Waals surface area contributed by atoms with Crippen LogP contribution in [0.3, 0.4) is 0 Å². The first kappa shape index (κ1) is 24.1. The Hall–Kier alpha value is -3.54. The zero-order chi connectivity index (χ0) is 24.0. The smallest absolute Gasteiger partial charge is 0.534 e. The van der Waals surface area contributed by atoms with Gasteiger partial charge in [0.15, 0.2) is 0 Å². The molecule has 3 rings (SSSR count). The second-order valence-corrected chi connectivity index (χ2v) is 7.14. The average molecular weight is 465 g/mol. The van der Waals surface area contributed by atoms with E-state index >= 15 is 0 Å². The Morgan fingerprint density at radius 3 is 2.45 bits per heavy atom. The fourth-order valence-electron chi connectivity index (χ4n) is 3.11. The molecule has 12 heteroatoms. The van der Waals surface area contributed by atoms with E-state index in [2.05, 4.69) is 5.32 Å². The molecule has 8 nitrogen and oxygen atoms in total. The average Bonchev–Trinajstić information content (AvgIpc) is 2.78. The first-order valence-corrected chi connectivity index (χ1v) is 9.86. The second-order valence-electron chi connectivity index (χ2n) is 7.14. The molecule has 174 valence electrons. The van der Waals surface area contributed by atoms with Gasteiger partial charge < -0.3 is 24.5 Å². The lowest BCUT2D eigenvalue weighted by Gasteiger charge is -2.29. The summed E-state index contributed by atoms with van der Waals surface area (Å²) in [5.74, 6) is -3.46. The predicted molar refractivity (Wildman–Crippen MR) is 108 cm³/mol. The summed E-state index contributed by atoms with van der Waals surface area (Å²) >= 11 is 0. The molecule has 0 radical (unpaired) electrons. The number of carbonyl (C=O) groups excluding carboxylic acids is 3. The van der Waals surface area contributed by atoms with Crippen LogP contribution < -0.4 is 9.97 Å². The number of hydrogen-bond donors (Lipinski definition) is 2. The number of halogens is 3. The number of alkyl halides is 3. The minimum atomic E-state index is -4.48. The summed E-state index contributed by atoms with van der Waals surface area (Å²) in [6.07, 6.45) is -6.54. The number of fused-ring (bicyclic) bond motifs is 1. The van der Waals surface area contributed by atoms with Crippen LogP contribution in [0.25, 0.3) is 0 Å². The fraction of sp³-hybridized carbons (Fsp3) is 0.286. The Bertz CT molecular complexity index is 1020. The maximum Gasteiger partial charge on any atom is 0.547 e. The highest BCUT2D eigenvalue weighted by Gasteiger charge is 2.38. The van der Waals surface area contributed by atoms with Crippen molar-refractivity contribution in [3.8, 4) is 5.75 Å². The molecule has 1 aliphatic heterocycles. The molecule has 0 aliphatic carbocycles. The van der Waals surface area contributed by atoms with E-state index in [1.54, 1.807) is 24.3 Å². The summed E-state index contributed by atoms with van der Waals surface area (Å²) in [6.45, 7) is -0.656. The minimum Gasteiger partial charge on any atom is -0.534 e. The molecule has 2 aromatic carbocycles. The van der Waals surface area contributed by atoms with Crippen molar-refractivity contribution in [2.24, 2.45) is 0 Å². The van der Waals surface area contributed by atoms with E-state index in [1.165, 1.54) is 24.3 Å². The van der Waals surface area contributed by atoms with Crippen molar-refractivity contribution in [3.63, 3.8) is 0 Å². The highest BCUT2D eigenvalue weighted by molar-refractivity contribution is 6.47. The molecule has 1 atom stereocenters. The molecule has 0 saturated carbocycles. The summed E-state index contributed by atoms with van der Waals surface area (Å²) in [4.78, 5) is 36.1. The quantitative estimate of drug-likeness (QED) is 0.367. The van der Waals surface area contributed by atoms with Gasteiger partial charge in [0.05, 0.1) is 17.9 Å². The van der Waals surface area contributed by atoms with Crippen LogP contribution in [0.4, 0.5) is 13.2 Å². The van der Waals surface area contributed by atoms with Gasteiger partial charge in [-0.1, -0.05) is 30.3 Å². The van der Waals surface area contributed by atoms with Gasteiger partial charge in [0.25, 0.3) is 0 Å². The van der Waals surface area contributed by atoms with Gasteiger partial charge in [-0.05, 0) is 30.2 Å². The SMILES string of the molecule is O=C(CCC(F)(F)F)NC1Cc2cccc(C(=O)OCOC(=O)c3ccccc3)c2OB1O. The first-order chi connectivity index (χ1) is 15.6. The van der Waals surface area contributed by atoms with Crippen molar-refractivity contribution < 1.29 is 46.7 Å². The molecule has 0 bridgehead atoms. The molecule has 2 aromatic rings. The first-order valence-electron chi connectivity index (χ1n) is 9.86. The van der Waals surface area contributed by atoms with Gasteiger partial charge in [0, 0.05) is 6.42 Å². The molecular weight excluding hydrogens is 446 g/mol. The standard InChI is InChI=1S/C21H19BF3NO7/c23-21(24,25)10-9-17(27)26-16-11-14-7-4-8-15(18(14)33-22(16)30)20(29)32-12-31-19(28)13-5-2-1-3-6-13/h1-8,16,30H,9-12H2,(H,26,27). The van der Waals surface area contributed by atoms with Crippen molar-refractivity contribution in [2.75, 3.05) is 6.79 Å². The lowest BCUT2D eigenvalue weighted by molar-refractivity contribution is -0.144. The number of esters is 2. The Morgan fingerprint density at radius 2 is 1.76 bits per heavy atom. The number of carbonyl (C=O) groups is 3. The van der Waals surface area contributed by atoms with Crippen molar-refractivity contribution in [1.82, 2.24) is 5.32 Å². The minimum absolute atomic E-state index is 0.00479. The summed E-state index contributed by atoms with van der Waals surface area (Å²) in [5, 5.41) is 12.5. The van der Waals surface area contributed by atoms with Crippen LogP contribution in [0.15, 0.2) is 48.5 Å². The number of ether oxygens (including phenoxy) is 2. The highest BCUT2D eigenvalue weighted by atomic mass is 19.4. The maximum atomic E-state index is 12.4. The Labute approximate surface area is 186 Å². The van der Waals surface area contributed by atoms with Gasteiger partial charge in [-0.3, -0.25) is 4.79 Å². The fourth-order valence-corrected chi connectivity index (χ4v) is 3.11. The molecular formula is C21H19BF3NO7. The van der Waals surface area contributed by atoms with E-state index < -0.39 is 56.7 Å². The van der Waals surface area contributed by atoms with E-state index in [0.717, 1.165) is 0 Å². The number of rotatable bonds is 7. The summed E-state index contributed by atoms with van der Waals surface area (Å²) in [5.41, 5.74) is 0.654. The third kappa shape index (κ3) is 6.72. The van der Waals surface area contributed by atoms with Crippen LogP contribution in [-0.4, -0.2) is 48.9 Å². The van der Waals surface area contributed by atoms with Crippen molar-refractivity contribution >= 4 is 25.0 Å². The summed E-state index contributed by atoms with van der Waals surface area (Å²) < 4.78 is 52.0. The van der Waals surface area contributed by atoms with Crippen molar-refractivity contribution in [2.45, 2.75) is 31.4 Å². The van der Waals surface area contributed by atoms with Gasteiger partial charge in [-0.2, -0.15) is 13.2 Å².